The summed E-state index contributed by atoms with van der Waals surface area (Å²) >= 11 is 0. The van der Waals surface area contributed by atoms with Crippen molar-refractivity contribution in [3.8, 4) is 0 Å². The van der Waals surface area contributed by atoms with E-state index in [4.69, 9.17) is 4.74 Å². The average Bonchev–Trinajstić information content (AvgIpc) is 2.66. The molecule has 1 aromatic rings. The molecule has 2 fully saturated rings. The number of hydrogen-bond donors (Lipinski definition) is 0. The zero-order chi connectivity index (χ0) is 12.7. The summed E-state index contributed by atoms with van der Waals surface area (Å²) in [4.78, 5) is 24.1. The lowest BCUT2D eigenvalue weighted by molar-refractivity contribution is -0.143. The molecule has 3 nitrogen and oxygen atoms in total. The Hall–Kier alpha value is -1.64. The third-order valence-corrected chi connectivity index (χ3v) is 4.06. The number of Topliss-reactive ketones (excluding diaryl/α,β-unsaturated/α-hetero) is 1. The van der Waals surface area contributed by atoms with Crippen LogP contribution < -0.4 is 0 Å². The minimum Gasteiger partial charge on any atom is -0.462 e. The largest absolute Gasteiger partial charge is 0.462 e. The van der Waals surface area contributed by atoms with Crippen LogP contribution in [0, 0.1) is 18.8 Å². The van der Waals surface area contributed by atoms with Crippen molar-refractivity contribution in [3.05, 3.63) is 35.4 Å². The summed E-state index contributed by atoms with van der Waals surface area (Å²) in [6.45, 7) is 1.99. The van der Waals surface area contributed by atoms with Gasteiger partial charge in [0.15, 0.2) is 5.78 Å². The Labute approximate surface area is 106 Å². The molecule has 3 atom stereocenters. The number of aryl methyl sites for hydroxylation is 1. The first kappa shape index (κ1) is 11.5. The Morgan fingerprint density at radius 3 is 2.67 bits per heavy atom. The molecule has 2 bridgehead atoms. The highest BCUT2D eigenvalue weighted by atomic mass is 16.6. The first-order valence-corrected chi connectivity index (χ1v) is 6.46. The molecular formula is C15H16O3. The highest BCUT2D eigenvalue weighted by molar-refractivity contribution is 6.00. The van der Waals surface area contributed by atoms with E-state index in [1.54, 1.807) is 0 Å². The molecule has 18 heavy (non-hydrogen) atoms. The molecule has 1 aromatic carbocycles. The number of fused-ring (bicyclic) bond motifs is 2. The van der Waals surface area contributed by atoms with Gasteiger partial charge >= 0.3 is 5.97 Å². The van der Waals surface area contributed by atoms with E-state index in [9.17, 15) is 9.59 Å². The van der Waals surface area contributed by atoms with Gasteiger partial charge < -0.3 is 4.74 Å². The van der Waals surface area contributed by atoms with Crippen molar-refractivity contribution in [2.75, 3.05) is 0 Å². The van der Waals surface area contributed by atoms with E-state index in [2.05, 4.69) is 0 Å². The van der Waals surface area contributed by atoms with E-state index in [1.165, 1.54) is 0 Å². The molecule has 2 aliphatic rings. The van der Waals surface area contributed by atoms with Gasteiger partial charge in [0.05, 0.1) is 5.92 Å². The third-order valence-electron chi connectivity index (χ3n) is 4.06. The highest BCUT2D eigenvalue weighted by Gasteiger charge is 2.46. The number of ketones is 1. The molecule has 3 heteroatoms. The van der Waals surface area contributed by atoms with E-state index >= 15 is 0 Å². The summed E-state index contributed by atoms with van der Waals surface area (Å²) in [6.07, 6.45) is 2.38. The Morgan fingerprint density at radius 1 is 1.22 bits per heavy atom. The van der Waals surface area contributed by atoms with Crippen LogP contribution in [0.3, 0.4) is 0 Å². The molecule has 1 aliphatic carbocycles. The lowest BCUT2D eigenvalue weighted by Gasteiger charge is -2.23. The number of carbonyl (C=O) groups excluding carboxylic acids is 2. The van der Waals surface area contributed by atoms with Gasteiger partial charge in [-0.3, -0.25) is 9.59 Å². The van der Waals surface area contributed by atoms with Crippen LogP contribution in [0.2, 0.25) is 0 Å². The van der Waals surface area contributed by atoms with Crippen molar-refractivity contribution in [1.29, 1.82) is 0 Å². The van der Waals surface area contributed by atoms with Crippen LogP contribution >= 0.6 is 0 Å². The second-order valence-electron chi connectivity index (χ2n) is 5.32. The summed E-state index contributed by atoms with van der Waals surface area (Å²) in [6, 6.07) is 7.58. The Bertz CT molecular complexity index is 489. The van der Waals surface area contributed by atoms with Gasteiger partial charge in [0, 0.05) is 11.5 Å². The first-order valence-electron chi connectivity index (χ1n) is 6.46. The lowest BCUT2D eigenvalue weighted by Crippen LogP contribution is -2.29. The van der Waals surface area contributed by atoms with Gasteiger partial charge in [0.1, 0.15) is 6.10 Å². The van der Waals surface area contributed by atoms with Gasteiger partial charge in [-0.05, 0) is 26.2 Å². The standard InChI is InChI=1S/C15H16O3/c1-9-2-4-10(5-3-9)14(16)12-7-6-11-8-13(12)15(17)18-11/h2-5,11-13H,6-8H2,1H3. The summed E-state index contributed by atoms with van der Waals surface area (Å²) in [5, 5.41) is 0. The van der Waals surface area contributed by atoms with Crippen LogP contribution in [0.15, 0.2) is 24.3 Å². The molecule has 0 N–H and O–H groups in total. The minimum atomic E-state index is -0.211. The molecule has 0 spiro atoms. The Morgan fingerprint density at radius 2 is 1.94 bits per heavy atom. The van der Waals surface area contributed by atoms with Crippen molar-refractivity contribution < 1.29 is 14.3 Å². The average molecular weight is 244 g/mol. The number of hydrogen-bond acceptors (Lipinski definition) is 3. The minimum absolute atomic E-state index is 0.0598. The summed E-state index contributed by atoms with van der Waals surface area (Å²) in [5.74, 6) is -0.475. The molecule has 0 amide bonds. The SMILES string of the molecule is Cc1ccc(C(=O)C2CCC3CC2C(=O)O3)cc1. The normalized spacial score (nSPS) is 30.1. The number of rotatable bonds is 2. The molecule has 0 radical (unpaired) electrons. The maximum atomic E-state index is 12.4. The van der Waals surface area contributed by atoms with Crippen LogP contribution in [0.5, 0.6) is 0 Å². The summed E-state index contributed by atoms with van der Waals surface area (Å²) in [7, 11) is 0. The van der Waals surface area contributed by atoms with E-state index in [0.717, 1.165) is 24.8 Å². The van der Waals surface area contributed by atoms with Gasteiger partial charge in [-0.2, -0.15) is 0 Å². The van der Waals surface area contributed by atoms with Gasteiger partial charge in [-0.25, -0.2) is 0 Å². The number of carbonyl (C=O) groups is 2. The quantitative estimate of drug-likeness (QED) is 0.593. The van der Waals surface area contributed by atoms with E-state index in [-0.39, 0.29) is 29.7 Å². The highest BCUT2D eigenvalue weighted by Crippen LogP contribution is 2.40. The predicted molar refractivity (Wildman–Crippen MR) is 66.2 cm³/mol. The Kier molecular flexibility index (Phi) is 2.69. The number of benzene rings is 1. The van der Waals surface area contributed by atoms with Crippen LogP contribution in [0.25, 0.3) is 0 Å². The number of ether oxygens (including phenoxy) is 1. The van der Waals surface area contributed by atoms with Crippen molar-refractivity contribution in [1.82, 2.24) is 0 Å². The fraction of sp³-hybridized carbons (Fsp3) is 0.467. The lowest BCUT2D eigenvalue weighted by atomic mass is 9.76. The topological polar surface area (TPSA) is 43.4 Å². The smallest absolute Gasteiger partial charge is 0.310 e. The molecule has 1 heterocycles. The second-order valence-corrected chi connectivity index (χ2v) is 5.32. The summed E-state index contributed by atoms with van der Waals surface area (Å²) < 4.78 is 5.23. The molecule has 1 aliphatic heterocycles. The second kappa shape index (κ2) is 4.23. The van der Waals surface area contributed by atoms with Crippen LogP contribution in [-0.2, 0) is 9.53 Å². The maximum Gasteiger partial charge on any atom is 0.310 e. The van der Waals surface area contributed by atoms with Crippen molar-refractivity contribution >= 4 is 11.8 Å². The molecule has 94 valence electrons. The third kappa shape index (κ3) is 1.84. The number of esters is 1. The summed E-state index contributed by atoms with van der Waals surface area (Å²) in [5.41, 5.74) is 1.85. The zero-order valence-corrected chi connectivity index (χ0v) is 10.4. The van der Waals surface area contributed by atoms with Gasteiger partial charge in [0.25, 0.3) is 0 Å². The van der Waals surface area contributed by atoms with Crippen molar-refractivity contribution in [2.24, 2.45) is 11.8 Å². The first-order chi connectivity index (χ1) is 8.65. The molecule has 3 rings (SSSR count). The van der Waals surface area contributed by atoms with E-state index in [0.29, 0.717) is 5.56 Å². The van der Waals surface area contributed by atoms with Crippen LogP contribution in [-0.4, -0.2) is 17.9 Å². The van der Waals surface area contributed by atoms with Gasteiger partial charge in [-0.15, -0.1) is 0 Å². The van der Waals surface area contributed by atoms with Crippen molar-refractivity contribution in [2.45, 2.75) is 32.3 Å². The molecule has 0 aromatic heterocycles. The maximum absolute atomic E-state index is 12.4. The van der Waals surface area contributed by atoms with Crippen LogP contribution in [0.1, 0.15) is 35.2 Å². The van der Waals surface area contributed by atoms with Crippen LogP contribution in [0.4, 0.5) is 0 Å². The van der Waals surface area contributed by atoms with Gasteiger partial charge in [-0.1, -0.05) is 29.8 Å². The van der Waals surface area contributed by atoms with E-state index in [1.807, 2.05) is 31.2 Å². The van der Waals surface area contributed by atoms with E-state index < -0.39 is 0 Å². The molecular weight excluding hydrogens is 228 g/mol. The molecule has 3 unspecified atom stereocenters. The molecule has 1 saturated heterocycles. The predicted octanol–water partition coefficient (Wildman–Crippen LogP) is 2.52. The molecule has 1 saturated carbocycles. The van der Waals surface area contributed by atoms with Gasteiger partial charge in [0.2, 0.25) is 0 Å². The fourth-order valence-electron chi connectivity index (χ4n) is 3.00. The van der Waals surface area contributed by atoms with Crippen molar-refractivity contribution in [3.63, 3.8) is 0 Å². The zero-order valence-electron chi connectivity index (χ0n) is 10.4. The Balaban J connectivity index is 1.84. The monoisotopic (exact) mass is 244 g/mol. The fourth-order valence-corrected chi connectivity index (χ4v) is 3.00.